The predicted molar refractivity (Wildman–Crippen MR) is 73.7 cm³/mol. The average molecular weight is 253 g/mol. The number of methoxy groups -OCH3 is 2. The van der Waals surface area contributed by atoms with Crippen LogP contribution in [0.25, 0.3) is 0 Å². The minimum Gasteiger partial charge on any atom is -0.496 e. The van der Waals surface area contributed by atoms with Gasteiger partial charge in [-0.1, -0.05) is 6.07 Å². The highest BCUT2D eigenvalue weighted by Gasteiger charge is 2.06. The van der Waals surface area contributed by atoms with Crippen LogP contribution in [0.5, 0.6) is 5.75 Å². The van der Waals surface area contributed by atoms with Crippen molar-refractivity contribution in [2.45, 2.75) is 13.8 Å². The van der Waals surface area contributed by atoms with Gasteiger partial charge in [0.05, 0.1) is 26.9 Å². The van der Waals surface area contributed by atoms with Gasteiger partial charge in [-0.3, -0.25) is 0 Å². The first-order valence-electron chi connectivity index (χ1n) is 6.15. The minimum absolute atomic E-state index is 0.633. The lowest BCUT2D eigenvalue weighted by Crippen LogP contribution is -2.12. The topological polar surface area (TPSA) is 39.7 Å². The molecule has 1 aromatic carbocycles. The van der Waals surface area contributed by atoms with Gasteiger partial charge in [0, 0.05) is 24.9 Å². The van der Waals surface area contributed by atoms with E-state index in [1.165, 1.54) is 0 Å². The Bertz CT molecular complexity index is 366. The Kier molecular flexibility index (Phi) is 6.54. The van der Waals surface area contributed by atoms with Crippen LogP contribution in [0.1, 0.15) is 11.1 Å². The Hall–Kier alpha value is -1.26. The number of nitrogens with one attached hydrogen (secondary N) is 1. The molecule has 1 aromatic rings. The molecule has 0 aliphatic rings. The summed E-state index contributed by atoms with van der Waals surface area (Å²) in [5, 5.41) is 3.35. The maximum atomic E-state index is 5.40. The van der Waals surface area contributed by atoms with E-state index in [-0.39, 0.29) is 0 Å². The van der Waals surface area contributed by atoms with Crippen molar-refractivity contribution in [2.24, 2.45) is 0 Å². The van der Waals surface area contributed by atoms with Crippen LogP contribution in [-0.4, -0.2) is 40.6 Å². The van der Waals surface area contributed by atoms with E-state index in [0.717, 1.165) is 29.1 Å². The second-order valence-corrected chi connectivity index (χ2v) is 4.12. The molecule has 0 heterocycles. The van der Waals surface area contributed by atoms with Crippen LogP contribution >= 0.6 is 0 Å². The monoisotopic (exact) mass is 253 g/mol. The van der Waals surface area contributed by atoms with Crippen LogP contribution in [-0.2, 0) is 9.47 Å². The highest BCUT2D eigenvalue weighted by atomic mass is 16.5. The summed E-state index contributed by atoms with van der Waals surface area (Å²) in [5.41, 5.74) is 3.37. The molecule has 0 spiro atoms. The van der Waals surface area contributed by atoms with Crippen LogP contribution in [0.15, 0.2) is 12.1 Å². The fourth-order valence-corrected chi connectivity index (χ4v) is 1.83. The van der Waals surface area contributed by atoms with Gasteiger partial charge in [0.25, 0.3) is 0 Å². The molecule has 102 valence electrons. The Morgan fingerprint density at radius 2 is 1.83 bits per heavy atom. The van der Waals surface area contributed by atoms with Gasteiger partial charge in [-0.25, -0.2) is 0 Å². The third kappa shape index (κ3) is 4.20. The number of aryl methyl sites for hydroxylation is 1. The standard InChI is InChI=1S/C14H23NO3/c1-11-5-6-13(12(2)14(11)17-4)15-7-8-18-10-9-16-3/h5-6,15H,7-10H2,1-4H3. The zero-order valence-electron chi connectivity index (χ0n) is 11.7. The van der Waals surface area contributed by atoms with E-state index < -0.39 is 0 Å². The zero-order chi connectivity index (χ0) is 13.4. The normalized spacial score (nSPS) is 10.4. The summed E-state index contributed by atoms with van der Waals surface area (Å²) in [4.78, 5) is 0. The smallest absolute Gasteiger partial charge is 0.126 e. The molecule has 1 rings (SSSR count). The molecule has 0 saturated carbocycles. The fourth-order valence-electron chi connectivity index (χ4n) is 1.83. The molecule has 0 aliphatic carbocycles. The fraction of sp³-hybridized carbons (Fsp3) is 0.571. The van der Waals surface area contributed by atoms with E-state index in [1.807, 2.05) is 6.92 Å². The Morgan fingerprint density at radius 3 is 2.50 bits per heavy atom. The molecule has 0 atom stereocenters. The van der Waals surface area contributed by atoms with Crippen molar-refractivity contribution in [1.82, 2.24) is 0 Å². The van der Waals surface area contributed by atoms with E-state index in [0.29, 0.717) is 19.8 Å². The van der Waals surface area contributed by atoms with E-state index in [4.69, 9.17) is 14.2 Å². The Morgan fingerprint density at radius 1 is 1.06 bits per heavy atom. The Labute approximate surface area is 109 Å². The Balaban J connectivity index is 2.43. The van der Waals surface area contributed by atoms with Gasteiger partial charge in [-0.15, -0.1) is 0 Å². The SMILES string of the molecule is COCCOCCNc1ccc(C)c(OC)c1C. The molecule has 4 nitrogen and oxygen atoms in total. The van der Waals surface area contributed by atoms with Crippen LogP contribution in [0.2, 0.25) is 0 Å². The minimum atomic E-state index is 0.633. The van der Waals surface area contributed by atoms with Crippen molar-refractivity contribution >= 4 is 5.69 Å². The highest BCUT2D eigenvalue weighted by molar-refractivity contribution is 5.59. The second-order valence-electron chi connectivity index (χ2n) is 4.12. The first-order chi connectivity index (χ1) is 8.70. The number of ether oxygens (including phenoxy) is 3. The molecule has 1 N–H and O–H groups in total. The maximum Gasteiger partial charge on any atom is 0.126 e. The summed E-state index contributed by atoms with van der Waals surface area (Å²) < 4.78 is 15.7. The van der Waals surface area contributed by atoms with Gasteiger partial charge >= 0.3 is 0 Å². The van der Waals surface area contributed by atoms with Gasteiger partial charge in [-0.2, -0.15) is 0 Å². The van der Waals surface area contributed by atoms with Gasteiger partial charge < -0.3 is 19.5 Å². The highest BCUT2D eigenvalue weighted by Crippen LogP contribution is 2.28. The quantitative estimate of drug-likeness (QED) is 0.722. The largest absolute Gasteiger partial charge is 0.496 e. The van der Waals surface area contributed by atoms with E-state index in [1.54, 1.807) is 14.2 Å². The summed E-state index contributed by atoms with van der Waals surface area (Å²) in [6, 6.07) is 4.13. The first-order valence-corrected chi connectivity index (χ1v) is 6.15. The maximum absolute atomic E-state index is 5.40. The van der Waals surface area contributed by atoms with E-state index in [9.17, 15) is 0 Å². The summed E-state index contributed by atoms with van der Waals surface area (Å²) >= 11 is 0. The van der Waals surface area contributed by atoms with E-state index >= 15 is 0 Å². The third-order valence-electron chi connectivity index (χ3n) is 2.80. The van der Waals surface area contributed by atoms with Gasteiger partial charge in [0.2, 0.25) is 0 Å². The molecule has 0 bridgehead atoms. The van der Waals surface area contributed by atoms with Crippen molar-refractivity contribution in [1.29, 1.82) is 0 Å². The lowest BCUT2D eigenvalue weighted by Gasteiger charge is -2.14. The van der Waals surface area contributed by atoms with Crippen LogP contribution < -0.4 is 10.1 Å². The molecule has 0 amide bonds. The van der Waals surface area contributed by atoms with Crippen molar-refractivity contribution in [3.05, 3.63) is 23.3 Å². The van der Waals surface area contributed by atoms with Crippen molar-refractivity contribution in [3.63, 3.8) is 0 Å². The van der Waals surface area contributed by atoms with Crippen LogP contribution in [0.3, 0.4) is 0 Å². The zero-order valence-corrected chi connectivity index (χ0v) is 11.7. The number of hydrogen-bond acceptors (Lipinski definition) is 4. The van der Waals surface area contributed by atoms with Gasteiger partial charge in [-0.05, 0) is 25.5 Å². The molecule has 0 aliphatic heterocycles. The number of anilines is 1. The van der Waals surface area contributed by atoms with Crippen LogP contribution in [0.4, 0.5) is 5.69 Å². The van der Waals surface area contributed by atoms with Crippen molar-refractivity contribution in [3.8, 4) is 5.75 Å². The van der Waals surface area contributed by atoms with E-state index in [2.05, 4.69) is 24.4 Å². The molecular formula is C14H23NO3. The first kappa shape index (κ1) is 14.8. The summed E-state index contributed by atoms with van der Waals surface area (Å²) in [6.07, 6.45) is 0. The van der Waals surface area contributed by atoms with Crippen molar-refractivity contribution in [2.75, 3.05) is 45.9 Å². The molecule has 0 aromatic heterocycles. The average Bonchev–Trinajstić information content (AvgIpc) is 2.36. The van der Waals surface area contributed by atoms with Crippen LogP contribution in [0, 0.1) is 13.8 Å². The van der Waals surface area contributed by atoms with Gasteiger partial charge in [0.15, 0.2) is 0 Å². The molecule has 0 radical (unpaired) electrons. The second kappa shape index (κ2) is 7.95. The predicted octanol–water partition coefficient (Wildman–Crippen LogP) is 2.39. The molecule has 0 unspecified atom stereocenters. The molecular weight excluding hydrogens is 230 g/mol. The third-order valence-corrected chi connectivity index (χ3v) is 2.80. The molecule has 18 heavy (non-hydrogen) atoms. The summed E-state index contributed by atoms with van der Waals surface area (Å²) in [6.45, 7) is 6.81. The van der Waals surface area contributed by atoms with Gasteiger partial charge in [0.1, 0.15) is 5.75 Å². The lowest BCUT2D eigenvalue weighted by atomic mass is 10.1. The summed E-state index contributed by atoms with van der Waals surface area (Å²) in [7, 11) is 3.37. The number of rotatable bonds is 8. The molecule has 0 saturated heterocycles. The number of hydrogen-bond donors (Lipinski definition) is 1. The number of benzene rings is 1. The van der Waals surface area contributed by atoms with Crippen molar-refractivity contribution < 1.29 is 14.2 Å². The molecule has 4 heteroatoms. The molecule has 0 fully saturated rings. The summed E-state index contributed by atoms with van der Waals surface area (Å²) in [5.74, 6) is 0.945. The lowest BCUT2D eigenvalue weighted by molar-refractivity contribution is 0.0759.